The third-order valence-electron chi connectivity index (χ3n) is 10.0. The molecule has 0 atom stereocenters. The van der Waals surface area contributed by atoms with Gasteiger partial charge in [0.15, 0.2) is 0 Å². The fourth-order valence-electron chi connectivity index (χ4n) is 8.62. The highest BCUT2D eigenvalue weighted by molar-refractivity contribution is 6.25. The zero-order chi connectivity index (χ0) is 29.6. The fraction of sp³-hybridized carbons (Fsp3) is 0.303. The molecule has 4 saturated carbocycles. The minimum absolute atomic E-state index is 0.0737. The first-order chi connectivity index (χ1) is 20.7. The molecule has 4 bridgehead atoms. The largest absolute Gasteiger partial charge is 0.508 e. The van der Waals surface area contributed by atoms with Crippen molar-refractivity contribution in [3.05, 3.63) is 97.7 Å². The normalized spacial score (nSPS) is 25.8. The number of amides is 2. The van der Waals surface area contributed by atoms with Gasteiger partial charge in [-0.2, -0.15) is 10.1 Å². The summed E-state index contributed by atoms with van der Waals surface area (Å²) in [6.07, 6.45) is 8.46. The Kier molecular flexibility index (Phi) is 5.38. The molecular weight excluding hydrogens is 548 g/mol. The van der Waals surface area contributed by atoms with Gasteiger partial charge in [0.25, 0.3) is 17.4 Å². The molecule has 2 heterocycles. The molecule has 43 heavy (non-hydrogen) atoms. The number of benzene rings is 3. The summed E-state index contributed by atoms with van der Waals surface area (Å²) < 4.78 is 0.972. The van der Waals surface area contributed by atoms with Crippen LogP contribution in [0, 0.1) is 17.8 Å². The molecule has 4 aliphatic carbocycles. The highest BCUT2D eigenvalue weighted by Crippen LogP contribution is 2.60. The van der Waals surface area contributed by atoms with Crippen molar-refractivity contribution < 1.29 is 19.8 Å². The van der Waals surface area contributed by atoms with Crippen molar-refractivity contribution in [1.29, 1.82) is 0 Å². The van der Waals surface area contributed by atoms with Gasteiger partial charge in [-0.3, -0.25) is 19.4 Å². The molecule has 0 radical (unpaired) electrons. The summed E-state index contributed by atoms with van der Waals surface area (Å²) in [6, 6.07) is 15.1. The zero-order valence-corrected chi connectivity index (χ0v) is 23.1. The van der Waals surface area contributed by atoms with E-state index in [0.717, 1.165) is 28.5 Å². The molecule has 4 fully saturated rings. The van der Waals surface area contributed by atoms with Gasteiger partial charge in [-0.05, 0) is 103 Å². The van der Waals surface area contributed by atoms with Crippen molar-refractivity contribution in [1.82, 2.24) is 14.6 Å². The summed E-state index contributed by atoms with van der Waals surface area (Å²) in [5.41, 5.74) is -0.105. The highest BCUT2D eigenvalue weighted by Gasteiger charge is 2.51. The Labute approximate surface area is 244 Å². The van der Waals surface area contributed by atoms with Crippen LogP contribution < -0.4 is 11.2 Å². The van der Waals surface area contributed by atoms with Gasteiger partial charge in [0.05, 0.1) is 23.0 Å². The van der Waals surface area contributed by atoms with Crippen LogP contribution in [0.4, 0.5) is 0 Å². The van der Waals surface area contributed by atoms with Gasteiger partial charge in [0.2, 0.25) is 5.88 Å². The van der Waals surface area contributed by atoms with E-state index < -0.39 is 34.5 Å². The Hall–Kier alpha value is -4.99. The minimum Gasteiger partial charge on any atom is -0.508 e. The average molecular weight is 577 g/mol. The van der Waals surface area contributed by atoms with Gasteiger partial charge in [-0.1, -0.05) is 24.3 Å². The van der Waals surface area contributed by atoms with Crippen molar-refractivity contribution in [3.8, 4) is 17.3 Å². The number of aromatic amines is 1. The lowest BCUT2D eigenvalue weighted by atomic mass is 9.48. The van der Waals surface area contributed by atoms with Crippen LogP contribution in [0.2, 0.25) is 0 Å². The number of phenols is 1. The SMILES string of the molecule is O=C1c2cccc3cc(O)cc(c23)C(=O)N1N=Cc1c(O)n(-c2ccc(C34CC5CC(CC(C5)C3)C4)cc2)c(=O)[nH]c1=O. The number of phenolic OH excluding ortho intramolecular Hbond substituents is 1. The summed E-state index contributed by atoms with van der Waals surface area (Å²) >= 11 is 0. The molecular formula is C33H28N4O6. The second-order valence-corrected chi connectivity index (χ2v) is 12.6. The van der Waals surface area contributed by atoms with E-state index >= 15 is 0 Å². The standard InChI is InChI=1S/C33H28N4O6/c38-23-11-20-2-1-3-24-27(20)25(12-23)31(42)37(30(24)41)34-16-26-28(39)35-32(43)36(29(26)40)22-6-4-21(5-7-22)33-13-17-8-18(14-33)10-19(9-17)15-33/h1-7,11-12,16-19,38,40H,8-10,13-15H2,(H,35,39,43). The highest BCUT2D eigenvalue weighted by atomic mass is 16.3. The molecule has 10 nitrogen and oxygen atoms in total. The second kappa shape index (κ2) is 9.00. The van der Waals surface area contributed by atoms with Crippen LogP contribution in [-0.4, -0.2) is 42.8 Å². The molecule has 0 unspecified atom stereocenters. The number of hydrogen-bond acceptors (Lipinski definition) is 7. The number of aromatic hydroxyl groups is 2. The number of hydrazone groups is 1. The van der Waals surface area contributed by atoms with Crippen LogP contribution in [0.3, 0.4) is 0 Å². The predicted molar refractivity (Wildman–Crippen MR) is 158 cm³/mol. The van der Waals surface area contributed by atoms with Crippen LogP contribution in [0.5, 0.6) is 11.6 Å². The van der Waals surface area contributed by atoms with Crippen LogP contribution in [0.1, 0.15) is 70.4 Å². The smallest absolute Gasteiger partial charge is 0.335 e. The van der Waals surface area contributed by atoms with Crippen LogP contribution in [0.15, 0.2) is 69.3 Å². The van der Waals surface area contributed by atoms with Crippen molar-refractivity contribution in [2.75, 3.05) is 0 Å². The van der Waals surface area contributed by atoms with Gasteiger partial charge in [0.1, 0.15) is 11.3 Å². The van der Waals surface area contributed by atoms with Crippen molar-refractivity contribution in [2.45, 2.75) is 43.9 Å². The lowest BCUT2D eigenvalue weighted by molar-refractivity contribution is -0.00518. The summed E-state index contributed by atoms with van der Waals surface area (Å²) in [5, 5.41) is 26.7. The van der Waals surface area contributed by atoms with Crippen molar-refractivity contribution in [3.63, 3.8) is 0 Å². The molecule has 0 saturated heterocycles. The Morgan fingerprint density at radius 3 is 2.16 bits per heavy atom. The summed E-state index contributed by atoms with van der Waals surface area (Å²) in [6.45, 7) is 0. The third-order valence-corrected chi connectivity index (χ3v) is 10.0. The topological polar surface area (TPSA) is 145 Å². The van der Waals surface area contributed by atoms with Crippen LogP contribution in [0.25, 0.3) is 16.5 Å². The quantitative estimate of drug-likeness (QED) is 0.245. The van der Waals surface area contributed by atoms with Crippen LogP contribution in [-0.2, 0) is 5.41 Å². The Morgan fingerprint density at radius 1 is 0.837 bits per heavy atom. The van der Waals surface area contributed by atoms with E-state index in [-0.39, 0.29) is 22.3 Å². The average Bonchev–Trinajstić information content (AvgIpc) is 2.96. The predicted octanol–water partition coefficient (Wildman–Crippen LogP) is 4.19. The van der Waals surface area contributed by atoms with E-state index in [1.54, 1.807) is 24.3 Å². The molecule has 3 N–H and O–H groups in total. The number of carbonyl (C=O) groups is 2. The lowest BCUT2D eigenvalue weighted by Gasteiger charge is -2.57. The monoisotopic (exact) mass is 576 g/mol. The summed E-state index contributed by atoms with van der Waals surface area (Å²) in [4.78, 5) is 54.3. The molecule has 1 aliphatic heterocycles. The number of H-pyrrole nitrogens is 1. The van der Waals surface area contributed by atoms with E-state index in [0.29, 0.717) is 21.5 Å². The van der Waals surface area contributed by atoms with Gasteiger partial charge in [-0.25, -0.2) is 9.36 Å². The second-order valence-electron chi connectivity index (χ2n) is 12.6. The molecule has 1 aromatic heterocycles. The maximum atomic E-state index is 13.2. The number of imide groups is 1. The maximum Gasteiger partial charge on any atom is 0.335 e. The molecule has 2 amide bonds. The Morgan fingerprint density at radius 2 is 1.49 bits per heavy atom. The minimum atomic E-state index is -0.926. The number of hydrogen-bond donors (Lipinski definition) is 3. The van der Waals surface area contributed by atoms with Gasteiger partial charge in [0, 0.05) is 5.39 Å². The van der Waals surface area contributed by atoms with Crippen LogP contribution >= 0.6 is 0 Å². The summed E-state index contributed by atoms with van der Waals surface area (Å²) in [7, 11) is 0. The fourth-order valence-corrected chi connectivity index (χ4v) is 8.62. The molecule has 5 aliphatic rings. The van der Waals surface area contributed by atoms with E-state index in [2.05, 4.69) is 10.1 Å². The number of rotatable bonds is 4. The van der Waals surface area contributed by atoms with E-state index in [9.17, 15) is 29.4 Å². The first kappa shape index (κ1) is 25.7. The number of carbonyl (C=O) groups excluding carboxylic acids is 2. The van der Waals surface area contributed by atoms with E-state index in [4.69, 9.17) is 0 Å². The molecule has 4 aromatic rings. The zero-order valence-electron chi connectivity index (χ0n) is 23.1. The first-order valence-corrected chi connectivity index (χ1v) is 14.6. The van der Waals surface area contributed by atoms with E-state index in [1.165, 1.54) is 62.3 Å². The lowest BCUT2D eigenvalue weighted by Crippen LogP contribution is -2.48. The molecule has 216 valence electrons. The number of nitrogens with one attached hydrogen (secondary N) is 1. The molecule has 9 rings (SSSR count). The third kappa shape index (κ3) is 3.82. The van der Waals surface area contributed by atoms with Crippen molar-refractivity contribution >= 4 is 28.8 Å². The van der Waals surface area contributed by atoms with E-state index in [1.807, 2.05) is 12.1 Å². The summed E-state index contributed by atoms with van der Waals surface area (Å²) in [5.74, 6) is -0.00293. The Balaban J connectivity index is 1.14. The first-order valence-electron chi connectivity index (χ1n) is 14.6. The van der Waals surface area contributed by atoms with Crippen molar-refractivity contribution in [2.24, 2.45) is 22.9 Å². The Bertz CT molecular complexity index is 1990. The molecule has 0 spiro atoms. The van der Waals surface area contributed by atoms with Gasteiger partial charge >= 0.3 is 5.69 Å². The number of aromatic nitrogens is 2. The molecule has 10 heteroatoms. The van der Waals surface area contributed by atoms with Gasteiger partial charge < -0.3 is 10.2 Å². The van der Waals surface area contributed by atoms with Gasteiger partial charge in [-0.15, -0.1) is 0 Å². The number of nitrogens with zero attached hydrogens (tertiary/aromatic N) is 3. The molecule has 3 aromatic carbocycles. The maximum absolute atomic E-state index is 13.2.